The van der Waals surface area contributed by atoms with Crippen molar-refractivity contribution >= 4 is 27.5 Å². The van der Waals surface area contributed by atoms with E-state index in [1.807, 2.05) is 18.3 Å². The number of hydrogen-bond donors (Lipinski definition) is 2. The Kier molecular flexibility index (Phi) is 3.45. The minimum Gasteiger partial charge on any atom is -0.352 e. The largest absolute Gasteiger partial charge is 0.352 e. The fourth-order valence-corrected chi connectivity index (χ4v) is 2.82. The third-order valence-corrected chi connectivity index (χ3v) is 4.12. The summed E-state index contributed by atoms with van der Waals surface area (Å²) in [5, 5.41) is 11.3. The highest BCUT2D eigenvalue weighted by Gasteiger charge is 2.26. The van der Waals surface area contributed by atoms with E-state index in [-0.39, 0.29) is 5.41 Å². The first-order valence-electron chi connectivity index (χ1n) is 6.61. The van der Waals surface area contributed by atoms with Gasteiger partial charge in [-0.15, -0.1) is 5.10 Å². The number of rotatable bonds is 3. The second-order valence-corrected chi connectivity index (χ2v) is 6.45. The Hall–Kier alpha value is -1.14. The maximum Gasteiger partial charge on any atom is 0.243 e. The van der Waals surface area contributed by atoms with Crippen LogP contribution in [0.1, 0.15) is 19.8 Å². The van der Waals surface area contributed by atoms with E-state index in [4.69, 9.17) is 0 Å². The van der Waals surface area contributed by atoms with E-state index in [1.165, 1.54) is 12.8 Å². The van der Waals surface area contributed by atoms with Gasteiger partial charge in [0.2, 0.25) is 5.95 Å². The van der Waals surface area contributed by atoms with Crippen molar-refractivity contribution in [3.8, 4) is 0 Å². The van der Waals surface area contributed by atoms with Crippen LogP contribution in [0.25, 0.3) is 5.65 Å². The quantitative estimate of drug-likeness (QED) is 0.910. The van der Waals surface area contributed by atoms with E-state index in [2.05, 4.69) is 43.6 Å². The number of fused-ring (bicyclic) bond motifs is 1. The zero-order valence-electron chi connectivity index (χ0n) is 11.0. The van der Waals surface area contributed by atoms with Gasteiger partial charge in [0, 0.05) is 23.8 Å². The molecule has 1 unspecified atom stereocenters. The average molecular weight is 324 g/mol. The van der Waals surface area contributed by atoms with E-state index in [0.29, 0.717) is 5.95 Å². The van der Waals surface area contributed by atoms with Crippen molar-refractivity contribution in [1.29, 1.82) is 0 Å². The maximum atomic E-state index is 4.47. The molecule has 102 valence electrons. The van der Waals surface area contributed by atoms with Gasteiger partial charge in [-0.25, -0.2) is 4.52 Å². The van der Waals surface area contributed by atoms with E-state index < -0.39 is 0 Å². The van der Waals surface area contributed by atoms with Crippen LogP contribution in [-0.2, 0) is 0 Å². The molecule has 2 aromatic heterocycles. The van der Waals surface area contributed by atoms with Crippen LogP contribution < -0.4 is 10.6 Å². The van der Waals surface area contributed by atoms with Gasteiger partial charge in [-0.3, -0.25) is 0 Å². The SMILES string of the molecule is CC1(CNc2nc3ccc(Br)cn3n2)CCCNC1. The van der Waals surface area contributed by atoms with Gasteiger partial charge in [-0.2, -0.15) is 4.98 Å². The molecule has 0 saturated carbocycles. The molecule has 1 fully saturated rings. The number of hydrogen-bond acceptors (Lipinski definition) is 4. The van der Waals surface area contributed by atoms with E-state index >= 15 is 0 Å². The molecule has 0 aromatic carbocycles. The van der Waals surface area contributed by atoms with Crippen LogP contribution in [0.5, 0.6) is 0 Å². The highest BCUT2D eigenvalue weighted by atomic mass is 79.9. The number of aromatic nitrogens is 3. The van der Waals surface area contributed by atoms with Crippen LogP contribution in [0.3, 0.4) is 0 Å². The van der Waals surface area contributed by atoms with E-state index in [0.717, 1.165) is 29.8 Å². The fourth-order valence-electron chi connectivity index (χ4n) is 2.49. The third-order valence-electron chi connectivity index (χ3n) is 3.65. The Bertz CT molecular complexity index is 573. The summed E-state index contributed by atoms with van der Waals surface area (Å²) in [6.07, 6.45) is 4.40. The van der Waals surface area contributed by atoms with E-state index in [1.54, 1.807) is 4.52 Å². The highest BCUT2D eigenvalue weighted by molar-refractivity contribution is 9.10. The van der Waals surface area contributed by atoms with Gasteiger partial charge in [0.05, 0.1) is 0 Å². The van der Waals surface area contributed by atoms with Crippen LogP contribution in [-0.4, -0.2) is 34.2 Å². The molecule has 3 rings (SSSR count). The predicted molar refractivity (Wildman–Crippen MR) is 79.4 cm³/mol. The molecule has 0 spiro atoms. The minimum absolute atomic E-state index is 0.288. The maximum absolute atomic E-state index is 4.47. The van der Waals surface area contributed by atoms with Gasteiger partial charge in [0.25, 0.3) is 0 Å². The van der Waals surface area contributed by atoms with Crippen LogP contribution in [0.15, 0.2) is 22.8 Å². The van der Waals surface area contributed by atoms with Gasteiger partial charge in [0.1, 0.15) is 0 Å². The first kappa shape index (κ1) is 12.9. The van der Waals surface area contributed by atoms with Crippen molar-refractivity contribution in [2.45, 2.75) is 19.8 Å². The molecule has 0 bridgehead atoms. The molecular weight excluding hydrogens is 306 g/mol. The summed E-state index contributed by atoms with van der Waals surface area (Å²) in [4.78, 5) is 4.47. The summed E-state index contributed by atoms with van der Waals surface area (Å²) in [6, 6.07) is 3.92. The van der Waals surface area contributed by atoms with Crippen LogP contribution >= 0.6 is 15.9 Å². The molecule has 0 amide bonds. The molecule has 1 aliphatic rings. The molecule has 0 aliphatic carbocycles. The molecule has 5 nitrogen and oxygen atoms in total. The Balaban J connectivity index is 1.71. The number of halogens is 1. The lowest BCUT2D eigenvalue weighted by atomic mass is 9.83. The summed E-state index contributed by atoms with van der Waals surface area (Å²) in [6.45, 7) is 5.39. The zero-order chi connectivity index (χ0) is 13.3. The smallest absolute Gasteiger partial charge is 0.243 e. The Labute approximate surface area is 120 Å². The molecule has 1 saturated heterocycles. The van der Waals surface area contributed by atoms with Crippen molar-refractivity contribution in [2.24, 2.45) is 5.41 Å². The molecule has 2 aromatic rings. The summed E-state index contributed by atoms with van der Waals surface area (Å²) in [7, 11) is 0. The molecule has 19 heavy (non-hydrogen) atoms. The Morgan fingerprint density at radius 3 is 3.21 bits per heavy atom. The summed E-state index contributed by atoms with van der Waals surface area (Å²) >= 11 is 3.43. The molecule has 0 radical (unpaired) electrons. The zero-order valence-corrected chi connectivity index (χ0v) is 12.6. The number of piperidine rings is 1. The average Bonchev–Trinajstić information content (AvgIpc) is 2.79. The van der Waals surface area contributed by atoms with Crippen LogP contribution in [0.2, 0.25) is 0 Å². The summed E-state index contributed by atoms with van der Waals surface area (Å²) < 4.78 is 2.79. The lowest BCUT2D eigenvalue weighted by molar-refractivity contribution is 0.253. The molecule has 1 aliphatic heterocycles. The van der Waals surface area contributed by atoms with Gasteiger partial charge >= 0.3 is 0 Å². The Morgan fingerprint density at radius 1 is 1.53 bits per heavy atom. The first-order valence-corrected chi connectivity index (χ1v) is 7.41. The topological polar surface area (TPSA) is 54.2 Å². The molecule has 1 atom stereocenters. The third kappa shape index (κ3) is 2.90. The lowest BCUT2D eigenvalue weighted by Crippen LogP contribution is -2.42. The molecule has 2 N–H and O–H groups in total. The summed E-state index contributed by atoms with van der Waals surface area (Å²) in [5.74, 6) is 0.699. The normalized spacial score (nSPS) is 23.7. The first-order chi connectivity index (χ1) is 9.15. The number of nitrogens with one attached hydrogen (secondary N) is 2. The van der Waals surface area contributed by atoms with Crippen molar-refractivity contribution in [3.63, 3.8) is 0 Å². The van der Waals surface area contributed by atoms with Crippen molar-refractivity contribution in [3.05, 3.63) is 22.8 Å². The molecule has 6 heteroatoms. The predicted octanol–water partition coefficient (Wildman–Crippen LogP) is 2.29. The fraction of sp³-hybridized carbons (Fsp3) is 0.538. The van der Waals surface area contributed by atoms with E-state index in [9.17, 15) is 0 Å². The van der Waals surface area contributed by atoms with Crippen molar-refractivity contribution in [1.82, 2.24) is 19.9 Å². The van der Waals surface area contributed by atoms with Crippen LogP contribution in [0.4, 0.5) is 5.95 Å². The van der Waals surface area contributed by atoms with Crippen molar-refractivity contribution in [2.75, 3.05) is 25.0 Å². The number of pyridine rings is 1. The Morgan fingerprint density at radius 2 is 2.42 bits per heavy atom. The standard InChI is InChI=1S/C13H18BrN5/c1-13(5-2-6-15-8-13)9-16-12-17-11-4-3-10(14)7-19(11)18-12/h3-4,7,15H,2,5-6,8-9H2,1H3,(H,16,18). The van der Waals surface area contributed by atoms with Gasteiger partial charge in [-0.05, 0) is 52.9 Å². The van der Waals surface area contributed by atoms with Crippen LogP contribution in [0, 0.1) is 5.41 Å². The second-order valence-electron chi connectivity index (χ2n) is 5.53. The second kappa shape index (κ2) is 5.09. The molecular formula is C13H18BrN5. The number of nitrogens with zero attached hydrogens (tertiary/aromatic N) is 3. The monoisotopic (exact) mass is 323 g/mol. The van der Waals surface area contributed by atoms with Gasteiger partial charge < -0.3 is 10.6 Å². The molecule has 3 heterocycles. The van der Waals surface area contributed by atoms with Crippen molar-refractivity contribution < 1.29 is 0 Å². The minimum atomic E-state index is 0.288. The van der Waals surface area contributed by atoms with Gasteiger partial charge in [0.15, 0.2) is 5.65 Å². The lowest BCUT2D eigenvalue weighted by Gasteiger charge is -2.34. The van der Waals surface area contributed by atoms with Gasteiger partial charge in [-0.1, -0.05) is 6.92 Å². The summed E-state index contributed by atoms with van der Waals surface area (Å²) in [5.41, 5.74) is 1.15. The highest BCUT2D eigenvalue weighted by Crippen LogP contribution is 2.25. The number of anilines is 1.